The van der Waals surface area contributed by atoms with Crippen LogP contribution in [0.4, 0.5) is 15.3 Å². The molecule has 8 atom stereocenters. The molecule has 26 nitrogen and oxygen atoms in total. The number of urea groups is 1. The first-order valence-corrected chi connectivity index (χ1v) is 31.4. The van der Waals surface area contributed by atoms with Gasteiger partial charge in [0.25, 0.3) is 11.8 Å². The molecule has 0 unspecified atom stereocenters. The fourth-order valence-electron chi connectivity index (χ4n) is 10.2. The van der Waals surface area contributed by atoms with E-state index in [1.165, 1.54) is 32.4 Å². The van der Waals surface area contributed by atoms with Crippen LogP contribution < -0.4 is 58.5 Å². The van der Waals surface area contributed by atoms with Crippen molar-refractivity contribution in [2.24, 2.45) is 0 Å². The SMILES string of the molecule is COC(=O)[C@H](CCCCNC(=O)c1cc(NC(=O)NCCOCCOCCNC(=O)OCc2ccccc2)cc(C(=O)NCCCC[C@H](NC(=O)CCCC[C@@H]2SC[C@@H]3NC(=N)N[C@@H]32)C(=O)OC)c1)NC(=O)CCCC[C@@H]1SC[C@@H]2NC(=N)N[C@@H]21. The molecule has 0 bridgehead atoms. The monoisotopic (exact) mass is 1220 g/mol. The van der Waals surface area contributed by atoms with Gasteiger partial charge in [-0.05, 0) is 88.0 Å². The van der Waals surface area contributed by atoms with E-state index in [0.717, 1.165) is 42.8 Å². The van der Waals surface area contributed by atoms with Crippen LogP contribution in [0.1, 0.15) is 116 Å². The van der Waals surface area contributed by atoms with Gasteiger partial charge in [-0.3, -0.25) is 30.0 Å². The number of unbranched alkanes of at least 4 members (excludes halogenated alkanes) is 4. The Bertz CT molecular complexity index is 2430. The number of hydrogen-bond donors (Lipinski definition) is 13. The second kappa shape index (κ2) is 36.7. The minimum Gasteiger partial charge on any atom is -0.467 e. The van der Waals surface area contributed by atoms with E-state index in [2.05, 4.69) is 58.5 Å². The highest BCUT2D eigenvalue weighted by molar-refractivity contribution is 8.00. The smallest absolute Gasteiger partial charge is 0.407 e. The third kappa shape index (κ3) is 23.7. The summed E-state index contributed by atoms with van der Waals surface area (Å²) < 4.78 is 26.2. The molecule has 0 saturated carbocycles. The number of carbonyl (C=O) groups excluding carboxylic acids is 8. The van der Waals surface area contributed by atoms with Crippen LogP contribution in [0.5, 0.6) is 0 Å². The predicted octanol–water partition coefficient (Wildman–Crippen LogP) is 2.96. The minimum absolute atomic E-state index is 0.0829. The first-order chi connectivity index (χ1) is 41.2. The van der Waals surface area contributed by atoms with E-state index in [4.69, 9.17) is 34.5 Å². The van der Waals surface area contributed by atoms with E-state index in [1.54, 1.807) is 0 Å². The molecule has 2 aromatic carbocycles. The number of benzene rings is 2. The van der Waals surface area contributed by atoms with E-state index >= 15 is 0 Å². The number of carbonyl (C=O) groups is 8. The Morgan fingerprint density at radius 1 is 0.576 bits per heavy atom. The highest BCUT2D eigenvalue weighted by Crippen LogP contribution is 2.34. The molecule has 4 saturated heterocycles. The number of esters is 2. The van der Waals surface area contributed by atoms with Crippen molar-refractivity contribution in [3.63, 3.8) is 0 Å². The summed E-state index contributed by atoms with van der Waals surface area (Å²) in [5.74, 6) is -0.130. The van der Waals surface area contributed by atoms with Crippen molar-refractivity contribution in [2.75, 3.05) is 83.6 Å². The van der Waals surface area contributed by atoms with E-state index in [0.29, 0.717) is 60.9 Å². The molecule has 0 radical (unpaired) electrons. The molecule has 4 aliphatic rings. The lowest BCUT2D eigenvalue weighted by Gasteiger charge is -2.18. The van der Waals surface area contributed by atoms with Crippen LogP contribution in [0, 0.1) is 10.8 Å². The maximum atomic E-state index is 13.6. The van der Waals surface area contributed by atoms with Gasteiger partial charge in [0.2, 0.25) is 11.8 Å². The van der Waals surface area contributed by atoms with Crippen LogP contribution in [0.3, 0.4) is 0 Å². The summed E-state index contributed by atoms with van der Waals surface area (Å²) >= 11 is 3.73. The van der Waals surface area contributed by atoms with Crippen LogP contribution in [0.2, 0.25) is 0 Å². The number of hydrogen-bond acceptors (Lipinski definition) is 17. The number of thioether (sulfide) groups is 2. The number of methoxy groups -OCH3 is 2. The predicted molar refractivity (Wildman–Crippen MR) is 323 cm³/mol. The second-order valence-electron chi connectivity index (χ2n) is 21.0. The normalized spacial score (nSPS) is 19.7. The number of anilines is 1. The summed E-state index contributed by atoms with van der Waals surface area (Å²) in [5, 5.41) is 48.4. The molecular formula is C57H85N13O13S2. The largest absolute Gasteiger partial charge is 0.467 e. The summed E-state index contributed by atoms with van der Waals surface area (Å²) in [4.78, 5) is 103. The quantitative estimate of drug-likeness (QED) is 0.0261. The molecule has 13 N–H and O–H groups in total. The molecule has 85 heavy (non-hydrogen) atoms. The average Bonchev–Trinajstić information content (AvgIpc) is 4.29. The number of amides is 7. The second-order valence-corrected chi connectivity index (χ2v) is 23.6. The summed E-state index contributed by atoms with van der Waals surface area (Å²) in [5.41, 5.74) is 1.19. The van der Waals surface area contributed by atoms with Gasteiger partial charge < -0.3 is 82.2 Å². The maximum Gasteiger partial charge on any atom is 0.407 e. The third-order valence-electron chi connectivity index (χ3n) is 14.6. The summed E-state index contributed by atoms with van der Waals surface area (Å²) in [7, 11) is 2.52. The van der Waals surface area contributed by atoms with Gasteiger partial charge in [0, 0.05) is 77.8 Å². The zero-order chi connectivity index (χ0) is 60.8. The summed E-state index contributed by atoms with van der Waals surface area (Å²) in [6.07, 6.45) is 7.04. The van der Waals surface area contributed by atoms with Crippen molar-refractivity contribution < 1.29 is 62.0 Å². The lowest BCUT2D eigenvalue weighted by molar-refractivity contribution is -0.145. The fourth-order valence-corrected chi connectivity index (χ4v) is 13.3. The summed E-state index contributed by atoms with van der Waals surface area (Å²) in [6, 6.07) is 12.2. The van der Waals surface area contributed by atoms with Crippen LogP contribution >= 0.6 is 23.5 Å². The van der Waals surface area contributed by atoms with Crippen molar-refractivity contribution in [2.45, 2.75) is 143 Å². The molecule has 0 aliphatic carbocycles. The van der Waals surface area contributed by atoms with Gasteiger partial charge in [0.1, 0.15) is 18.7 Å². The van der Waals surface area contributed by atoms with Crippen molar-refractivity contribution >= 4 is 88.8 Å². The van der Waals surface area contributed by atoms with Gasteiger partial charge in [-0.2, -0.15) is 23.5 Å². The van der Waals surface area contributed by atoms with Crippen LogP contribution in [0.15, 0.2) is 48.5 Å². The molecule has 4 fully saturated rings. The number of fused-ring (bicyclic) bond motifs is 2. The number of alkyl carbamates (subject to hydrolysis) is 1. The molecule has 7 amide bonds. The summed E-state index contributed by atoms with van der Waals surface area (Å²) in [6.45, 7) is 1.74. The van der Waals surface area contributed by atoms with E-state index in [-0.39, 0.29) is 138 Å². The van der Waals surface area contributed by atoms with Gasteiger partial charge in [-0.15, -0.1) is 0 Å². The Labute approximate surface area is 504 Å². The van der Waals surface area contributed by atoms with E-state index < -0.39 is 48.0 Å². The molecule has 468 valence electrons. The van der Waals surface area contributed by atoms with Crippen molar-refractivity contribution in [3.8, 4) is 0 Å². The fraction of sp³-hybridized carbons (Fsp3) is 0.614. The Morgan fingerprint density at radius 3 is 1.56 bits per heavy atom. The zero-order valence-electron chi connectivity index (χ0n) is 48.5. The number of ether oxygens (including phenoxy) is 5. The Balaban J connectivity index is 0.919. The van der Waals surface area contributed by atoms with E-state index in [1.807, 2.05) is 53.9 Å². The van der Waals surface area contributed by atoms with Gasteiger partial charge in [0.05, 0.1) is 64.8 Å². The topological polar surface area (TPSA) is 363 Å². The molecule has 6 rings (SSSR count). The lowest BCUT2D eigenvalue weighted by atomic mass is 10.0. The van der Waals surface area contributed by atoms with E-state index in [9.17, 15) is 38.4 Å². The average molecular weight is 1220 g/mol. The number of nitrogens with one attached hydrogen (secondary N) is 13. The number of guanidine groups is 2. The highest BCUT2D eigenvalue weighted by atomic mass is 32.2. The maximum absolute atomic E-state index is 13.6. The first kappa shape index (κ1) is 67.1. The van der Waals surface area contributed by atoms with Crippen LogP contribution in [-0.4, -0.2) is 185 Å². The highest BCUT2D eigenvalue weighted by Gasteiger charge is 2.42. The van der Waals surface area contributed by atoms with Crippen molar-refractivity contribution in [1.82, 2.24) is 53.2 Å². The minimum atomic E-state index is -0.866. The molecule has 4 heterocycles. The van der Waals surface area contributed by atoms with Gasteiger partial charge in [0.15, 0.2) is 11.9 Å². The van der Waals surface area contributed by atoms with Crippen molar-refractivity contribution in [1.29, 1.82) is 10.8 Å². The molecule has 28 heteroatoms. The molecule has 4 aliphatic heterocycles. The molecule has 0 aromatic heterocycles. The Kier molecular flexibility index (Phi) is 29.0. The Morgan fingerprint density at radius 2 is 1.07 bits per heavy atom. The molecular weight excluding hydrogens is 1140 g/mol. The van der Waals surface area contributed by atoms with Crippen LogP contribution in [0.25, 0.3) is 0 Å². The van der Waals surface area contributed by atoms with Gasteiger partial charge in [-0.1, -0.05) is 43.2 Å². The molecule has 0 spiro atoms. The zero-order valence-corrected chi connectivity index (χ0v) is 50.2. The third-order valence-corrected chi connectivity index (χ3v) is 17.6. The number of rotatable bonds is 38. The molecule has 2 aromatic rings. The van der Waals surface area contributed by atoms with Crippen molar-refractivity contribution in [3.05, 3.63) is 65.2 Å². The van der Waals surface area contributed by atoms with Gasteiger partial charge >= 0.3 is 24.1 Å². The standard InChI is InChI=1S/C57H85N13O13S2/c1-79-52(75)40(65-46(71)20-8-6-18-44-48-42(34-84-44)67-54(58)69-48)16-10-12-22-60-50(73)37-30-38(32-39(31-37)64-56(77)62-24-26-81-28-29-82-27-25-63-57(78)83-33-36-14-4-3-5-15-36)51(74)61-23-13-11-17-41(53(76)80-2)66-47(72)21-9-7-19-45-49-43(35-85-45)68-55(59)70-49/h3-5,14-15,30-32,40-45,48-49H,6-13,16-29,33-35H2,1-2H3,(H,60,73)(H,61,74)(H,63,78)(H,65,71)(H,66,72)(H3,58,67,69)(H3,59,68,70)(H2,62,64,77)/t40-,41-,42-,43-,44-,45-,48-,49-/m0/s1. The van der Waals surface area contributed by atoms with Gasteiger partial charge in [-0.25, -0.2) is 19.2 Å². The lowest BCUT2D eigenvalue weighted by Crippen LogP contribution is -2.41. The van der Waals surface area contributed by atoms with Crippen LogP contribution in [-0.2, 0) is 49.5 Å². The Hall–Kier alpha value is -7.04. The first-order valence-electron chi connectivity index (χ1n) is 29.3.